The molecule has 8 heteroatoms. The molecule has 4 rings (SSSR count). The SMILES string of the molecule is C[C@@H]1CO[C@H](c2sc3c(NCc4cccs4)cc(Cl)nc3c2Br)C(N)C1. The molecule has 138 valence electrons. The van der Waals surface area contributed by atoms with Gasteiger partial charge in [-0.3, -0.25) is 0 Å². The van der Waals surface area contributed by atoms with Crippen molar-refractivity contribution in [2.24, 2.45) is 11.7 Å². The number of nitrogens with two attached hydrogens (primary N) is 1. The van der Waals surface area contributed by atoms with Gasteiger partial charge in [0.2, 0.25) is 0 Å². The quantitative estimate of drug-likeness (QED) is 0.470. The summed E-state index contributed by atoms with van der Waals surface area (Å²) in [4.78, 5) is 6.89. The van der Waals surface area contributed by atoms with Gasteiger partial charge in [-0.05, 0) is 39.7 Å². The second kappa shape index (κ2) is 7.73. The van der Waals surface area contributed by atoms with E-state index in [9.17, 15) is 0 Å². The van der Waals surface area contributed by atoms with E-state index in [0.717, 1.165) is 44.8 Å². The van der Waals surface area contributed by atoms with Gasteiger partial charge in [0, 0.05) is 23.5 Å². The molecule has 1 unspecified atom stereocenters. The van der Waals surface area contributed by atoms with Crippen LogP contribution in [0.5, 0.6) is 0 Å². The largest absolute Gasteiger partial charge is 0.379 e. The minimum Gasteiger partial charge on any atom is -0.379 e. The maximum Gasteiger partial charge on any atom is 0.131 e. The summed E-state index contributed by atoms with van der Waals surface area (Å²) in [6, 6.07) is 6.04. The number of rotatable bonds is 4. The van der Waals surface area contributed by atoms with Gasteiger partial charge in [0.05, 0.1) is 31.9 Å². The first kappa shape index (κ1) is 18.7. The topological polar surface area (TPSA) is 60.2 Å². The summed E-state index contributed by atoms with van der Waals surface area (Å²) in [5.41, 5.74) is 8.23. The highest BCUT2D eigenvalue weighted by atomic mass is 79.9. The maximum atomic E-state index is 6.38. The van der Waals surface area contributed by atoms with Crippen molar-refractivity contribution >= 4 is 66.1 Å². The molecule has 3 aromatic rings. The molecule has 0 radical (unpaired) electrons. The van der Waals surface area contributed by atoms with Crippen LogP contribution in [0.25, 0.3) is 10.2 Å². The van der Waals surface area contributed by atoms with E-state index in [1.807, 2.05) is 6.07 Å². The van der Waals surface area contributed by atoms with Crippen molar-refractivity contribution in [3.63, 3.8) is 0 Å². The van der Waals surface area contributed by atoms with Crippen LogP contribution in [0.1, 0.15) is 29.2 Å². The number of hydrogen-bond donors (Lipinski definition) is 2. The number of nitrogens with zero attached hydrogens (tertiary/aromatic N) is 1. The van der Waals surface area contributed by atoms with Crippen LogP contribution >= 0.6 is 50.2 Å². The molecule has 1 saturated heterocycles. The fourth-order valence-corrected chi connectivity index (χ4v) is 6.23. The van der Waals surface area contributed by atoms with E-state index in [2.05, 4.69) is 50.7 Å². The number of halogens is 2. The van der Waals surface area contributed by atoms with Gasteiger partial charge in [-0.25, -0.2) is 4.98 Å². The summed E-state index contributed by atoms with van der Waals surface area (Å²) in [5, 5.41) is 6.05. The molecule has 4 nitrogen and oxygen atoms in total. The van der Waals surface area contributed by atoms with Crippen molar-refractivity contribution in [1.82, 2.24) is 4.98 Å². The normalized spacial score (nSPS) is 23.5. The van der Waals surface area contributed by atoms with Crippen LogP contribution in [-0.4, -0.2) is 17.6 Å². The van der Waals surface area contributed by atoms with E-state index < -0.39 is 0 Å². The van der Waals surface area contributed by atoms with Crippen LogP contribution in [0, 0.1) is 5.92 Å². The Balaban J connectivity index is 1.70. The van der Waals surface area contributed by atoms with Gasteiger partial charge < -0.3 is 15.8 Å². The number of thiophene rings is 2. The lowest BCUT2D eigenvalue weighted by atomic mass is 9.95. The fourth-order valence-electron chi connectivity index (χ4n) is 3.25. The van der Waals surface area contributed by atoms with Crippen molar-refractivity contribution < 1.29 is 4.74 Å². The Morgan fingerprint density at radius 1 is 1.50 bits per heavy atom. The molecule has 0 aromatic carbocycles. The highest BCUT2D eigenvalue weighted by Gasteiger charge is 2.32. The van der Waals surface area contributed by atoms with Crippen molar-refractivity contribution in [3.05, 3.63) is 43.0 Å². The molecular weight excluding hydrogens is 454 g/mol. The lowest BCUT2D eigenvalue weighted by Gasteiger charge is -2.32. The number of aromatic nitrogens is 1. The maximum absolute atomic E-state index is 6.38. The average molecular weight is 473 g/mol. The lowest BCUT2D eigenvalue weighted by molar-refractivity contribution is -0.0249. The molecule has 0 aliphatic carbocycles. The second-order valence-electron chi connectivity index (χ2n) is 6.64. The van der Waals surface area contributed by atoms with Gasteiger partial charge in [-0.1, -0.05) is 24.6 Å². The van der Waals surface area contributed by atoms with Gasteiger partial charge in [0.15, 0.2) is 0 Å². The Kier molecular flexibility index (Phi) is 5.55. The summed E-state index contributed by atoms with van der Waals surface area (Å²) in [6.07, 6.45) is 0.854. The average Bonchev–Trinajstić information content (AvgIpc) is 3.22. The van der Waals surface area contributed by atoms with Crippen molar-refractivity contribution in [2.75, 3.05) is 11.9 Å². The van der Waals surface area contributed by atoms with Gasteiger partial charge in [0.25, 0.3) is 0 Å². The summed E-state index contributed by atoms with van der Waals surface area (Å²) in [6.45, 7) is 3.66. The van der Waals surface area contributed by atoms with Crippen LogP contribution < -0.4 is 11.1 Å². The van der Waals surface area contributed by atoms with Crippen molar-refractivity contribution in [3.8, 4) is 0 Å². The third kappa shape index (κ3) is 3.66. The summed E-state index contributed by atoms with van der Waals surface area (Å²) in [5.74, 6) is 0.491. The van der Waals surface area contributed by atoms with Gasteiger partial charge in [-0.15, -0.1) is 22.7 Å². The zero-order valence-electron chi connectivity index (χ0n) is 14.2. The number of fused-ring (bicyclic) bond motifs is 1. The van der Waals surface area contributed by atoms with E-state index in [1.54, 1.807) is 22.7 Å². The Hall–Kier alpha value is -0.700. The highest BCUT2D eigenvalue weighted by molar-refractivity contribution is 9.10. The number of ether oxygens (including phenoxy) is 1. The predicted molar refractivity (Wildman–Crippen MR) is 114 cm³/mol. The smallest absolute Gasteiger partial charge is 0.131 e. The van der Waals surface area contributed by atoms with E-state index in [0.29, 0.717) is 11.1 Å². The number of hydrogen-bond acceptors (Lipinski definition) is 6. The summed E-state index contributed by atoms with van der Waals surface area (Å²) in [7, 11) is 0. The third-order valence-electron chi connectivity index (χ3n) is 4.49. The predicted octanol–water partition coefficient (Wildman–Crippen LogP) is 5.81. The molecule has 3 N–H and O–H groups in total. The Labute approximate surface area is 173 Å². The standard InChI is InChI=1S/C18H19BrClN3OS2/c1-9-5-11(21)16(24-8-9)18-14(19)15-17(26-18)12(6-13(20)23-15)22-7-10-3-2-4-25-10/h2-4,6,9,11,16H,5,7-8,21H2,1H3,(H,22,23)/t9-,11?,16-/m0/s1. The summed E-state index contributed by atoms with van der Waals surface area (Å²) < 4.78 is 8.07. The zero-order valence-corrected chi connectivity index (χ0v) is 18.1. The van der Waals surface area contributed by atoms with Crippen LogP contribution in [0.4, 0.5) is 5.69 Å². The van der Waals surface area contributed by atoms with Gasteiger partial charge in [-0.2, -0.15) is 0 Å². The van der Waals surface area contributed by atoms with Crippen LogP contribution in [-0.2, 0) is 11.3 Å². The Bertz CT molecular complexity index is 915. The zero-order chi connectivity index (χ0) is 18.3. The molecule has 1 aliphatic heterocycles. The first-order chi connectivity index (χ1) is 12.5. The molecule has 0 spiro atoms. The highest BCUT2D eigenvalue weighted by Crippen LogP contribution is 2.45. The molecule has 26 heavy (non-hydrogen) atoms. The lowest BCUT2D eigenvalue weighted by Crippen LogP contribution is -2.37. The molecule has 1 fully saturated rings. The fraction of sp³-hybridized carbons (Fsp3) is 0.389. The van der Waals surface area contributed by atoms with Gasteiger partial charge >= 0.3 is 0 Å². The molecular formula is C18H19BrClN3OS2. The monoisotopic (exact) mass is 471 g/mol. The van der Waals surface area contributed by atoms with E-state index in [1.165, 1.54) is 4.88 Å². The molecule has 0 amide bonds. The summed E-state index contributed by atoms with van der Waals surface area (Å²) >= 11 is 13.4. The van der Waals surface area contributed by atoms with Crippen molar-refractivity contribution in [1.29, 1.82) is 0 Å². The number of pyridine rings is 1. The third-order valence-corrected chi connectivity index (χ3v) is 7.90. The second-order valence-corrected chi connectivity index (χ2v) is 9.91. The number of anilines is 1. The van der Waals surface area contributed by atoms with E-state index >= 15 is 0 Å². The van der Waals surface area contributed by atoms with Crippen LogP contribution in [0.15, 0.2) is 28.1 Å². The van der Waals surface area contributed by atoms with E-state index in [-0.39, 0.29) is 12.1 Å². The molecule has 0 saturated carbocycles. The molecule has 4 heterocycles. The minimum atomic E-state index is -0.108. The molecule has 1 aliphatic rings. The Morgan fingerprint density at radius 3 is 3.08 bits per heavy atom. The van der Waals surface area contributed by atoms with E-state index in [4.69, 9.17) is 22.1 Å². The van der Waals surface area contributed by atoms with Crippen LogP contribution in [0.3, 0.4) is 0 Å². The van der Waals surface area contributed by atoms with Crippen molar-refractivity contribution in [2.45, 2.75) is 32.0 Å². The first-order valence-corrected chi connectivity index (χ1v) is 11.3. The molecule has 3 atom stereocenters. The van der Waals surface area contributed by atoms with Crippen LogP contribution in [0.2, 0.25) is 5.15 Å². The Morgan fingerprint density at radius 2 is 2.35 bits per heavy atom. The molecule has 3 aromatic heterocycles. The number of nitrogens with one attached hydrogen (secondary N) is 1. The molecule has 0 bridgehead atoms. The van der Waals surface area contributed by atoms with Gasteiger partial charge in [0.1, 0.15) is 11.3 Å². The minimum absolute atomic E-state index is 0.0129. The first-order valence-electron chi connectivity index (χ1n) is 8.44.